The van der Waals surface area contributed by atoms with Crippen molar-refractivity contribution in [3.05, 3.63) is 29.6 Å². The molecule has 0 aliphatic heterocycles. The molecule has 0 amide bonds. The molecule has 1 heterocycles. The van der Waals surface area contributed by atoms with E-state index in [1.165, 1.54) is 6.07 Å². The number of nitrogens with zero attached hydrogens (tertiary/aromatic N) is 1. The third-order valence-electron chi connectivity index (χ3n) is 1.51. The Morgan fingerprint density at radius 1 is 1.62 bits per heavy atom. The van der Waals surface area contributed by atoms with Crippen LogP contribution < -0.4 is 0 Å². The summed E-state index contributed by atoms with van der Waals surface area (Å²) in [6, 6.07) is 2.57. The van der Waals surface area contributed by atoms with Gasteiger partial charge in [0, 0.05) is 6.20 Å². The molecule has 1 N–H and O–H groups in total. The van der Waals surface area contributed by atoms with E-state index in [1.54, 1.807) is 6.92 Å². The van der Waals surface area contributed by atoms with Gasteiger partial charge in [-0.2, -0.15) is 8.78 Å². The minimum absolute atomic E-state index is 0.547. The molecule has 0 saturated carbocycles. The first-order valence-corrected chi connectivity index (χ1v) is 3.49. The van der Waals surface area contributed by atoms with Crippen LogP contribution in [0.15, 0.2) is 18.3 Å². The van der Waals surface area contributed by atoms with Crippen LogP contribution >= 0.6 is 0 Å². The number of aryl methyl sites for hydroxylation is 1. The minimum Gasteiger partial charge on any atom is -0.476 e. The second-order valence-electron chi connectivity index (χ2n) is 2.60. The summed E-state index contributed by atoms with van der Waals surface area (Å²) in [6.07, 6.45) is 1.15. The molecule has 1 aromatic heterocycles. The Morgan fingerprint density at radius 3 is 2.69 bits per heavy atom. The lowest BCUT2D eigenvalue weighted by Crippen LogP contribution is -2.26. The lowest BCUT2D eigenvalue weighted by Gasteiger charge is -2.09. The van der Waals surface area contributed by atoms with Gasteiger partial charge < -0.3 is 5.11 Å². The first kappa shape index (κ1) is 9.57. The van der Waals surface area contributed by atoms with Crippen molar-refractivity contribution < 1.29 is 18.7 Å². The molecule has 0 saturated heterocycles. The van der Waals surface area contributed by atoms with Crippen LogP contribution in [0.4, 0.5) is 8.78 Å². The van der Waals surface area contributed by atoms with E-state index in [2.05, 4.69) is 4.98 Å². The van der Waals surface area contributed by atoms with Gasteiger partial charge in [0.1, 0.15) is 5.69 Å². The van der Waals surface area contributed by atoms with E-state index in [4.69, 9.17) is 5.11 Å². The van der Waals surface area contributed by atoms with Gasteiger partial charge in [-0.1, -0.05) is 0 Å². The second-order valence-corrected chi connectivity index (χ2v) is 2.60. The number of aliphatic carboxylic acids is 1. The first-order valence-electron chi connectivity index (χ1n) is 3.49. The normalized spacial score (nSPS) is 11.3. The molecule has 0 aliphatic rings. The van der Waals surface area contributed by atoms with Gasteiger partial charge in [-0.25, -0.2) is 4.79 Å². The average Bonchev–Trinajstić information content (AvgIpc) is 2.04. The van der Waals surface area contributed by atoms with E-state index >= 15 is 0 Å². The van der Waals surface area contributed by atoms with E-state index < -0.39 is 17.6 Å². The molecule has 0 aliphatic carbocycles. The summed E-state index contributed by atoms with van der Waals surface area (Å²) >= 11 is 0. The van der Waals surface area contributed by atoms with E-state index in [-0.39, 0.29) is 0 Å². The number of hydrogen-bond donors (Lipinski definition) is 1. The largest absolute Gasteiger partial charge is 0.476 e. The smallest absolute Gasteiger partial charge is 0.384 e. The maximum Gasteiger partial charge on any atom is 0.384 e. The zero-order chi connectivity index (χ0) is 10.1. The lowest BCUT2D eigenvalue weighted by molar-refractivity contribution is -0.166. The highest BCUT2D eigenvalue weighted by atomic mass is 19.3. The summed E-state index contributed by atoms with van der Waals surface area (Å²) < 4.78 is 25.6. The van der Waals surface area contributed by atoms with Gasteiger partial charge in [-0.15, -0.1) is 0 Å². The van der Waals surface area contributed by atoms with Crippen molar-refractivity contribution in [1.29, 1.82) is 0 Å². The molecule has 0 radical (unpaired) electrons. The van der Waals surface area contributed by atoms with Crippen LogP contribution in [0, 0.1) is 6.92 Å². The summed E-state index contributed by atoms with van der Waals surface area (Å²) in [5.74, 6) is -6.10. The summed E-state index contributed by atoms with van der Waals surface area (Å²) in [4.78, 5) is 13.4. The quantitative estimate of drug-likeness (QED) is 0.764. The number of carbonyl (C=O) groups is 1. The van der Waals surface area contributed by atoms with Crippen molar-refractivity contribution in [3.63, 3.8) is 0 Å². The Kier molecular flexibility index (Phi) is 2.27. The molecule has 5 heteroatoms. The van der Waals surface area contributed by atoms with Crippen LogP contribution in [0.2, 0.25) is 0 Å². The van der Waals surface area contributed by atoms with Gasteiger partial charge in [0.2, 0.25) is 0 Å². The summed E-state index contributed by atoms with van der Waals surface area (Å²) in [6.45, 7) is 1.59. The Labute approximate surface area is 73.0 Å². The summed E-state index contributed by atoms with van der Waals surface area (Å²) in [5, 5.41) is 8.20. The van der Waals surface area contributed by atoms with E-state index in [9.17, 15) is 13.6 Å². The Balaban J connectivity index is 3.14. The van der Waals surface area contributed by atoms with Crippen molar-refractivity contribution in [3.8, 4) is 0 Å². The highest BCUT2D eigenvalue weighted by Crippen LogP contribution is 2.26. The number of halogens is 2. The fraction of sp³-hybridized carbons (Fsp3) is 0.250. The molecule has 0 fully saturated rings. The average molecular weight is 187 g/mol. The number of carboxylic acids is 1. The summed E-state index contributed by atoms with van der Waals surface area (Å²) in [5.41, 5.74) is -0.189. The Hall–Kier alpha value is -1.52. The molecule has 70 valence electrons. The van der Waals surface area contributed by atoms with Crippen LogP contribution in [-0.2, 0) is 10.7 Å². The van der Waals surface area contributed by atoms with Crippen molar-refractivity contribution >= 4 is 5.97 Å². The third-order valence-corrected chi connectivity index (χ3v) is 1.51. The second kappa shape index (κ2) is 3.08. The molecule has 0 bridgehead atoms. The van der Waals surface area contributed by atoms with Crippen LogP contribution in [0.1, 0.15) is 11.3 Å². The Morgan fingerprint density at radius 2 is 2.23 bits per heavy atom. The van der Waals surface area contributed by atoms with Gasteiger partial charge in [0.15, 0.2) is 0 Å². The molecule has 1 aromatic rings. The van der Waals surface area contributed by atoms with Gasteiger partial charge in [-0.3, -0.25) is 4.98 Å². The van der Waals surface area contributed by atoms with Crippen molar-refractivity contribution in [2.45, 2.75) is 12.8 Å². The van der Waals surface area contributed by atoms with Gasteiger partial charge in [0.05, 0.1) is 0 Å². The molecular formula is C8H7F2NO2. The number of pyridine rings is 1. The van der Waals surface area contributed by atoms with Crippen LogP contribution in [0.5, 0.6) is 0 Å². The number of aromatic nitrogens is 1. The molecule has 0 spiro atoms. The maximum atomic E-state index is 12.8. The van der Waals surface area contributed by atoms with Crippen LogP contribution in [0.3, 0.4) is 0 Å². The molecule has 0 atom stereocenters. The third kappa shape index (κ3) is 1.80. The molecule has 1 rings (SSSR count). The van der Waals surface area contributed by atoms with Crippen molar-refractivity contribution in [1.82, 2.24) is 4.98 Å². The van der Waals surface area contributed by atoms with Crippen molar-refractivity contribution in [2.75, 3.05) is 0 Å². The fourth-order valence-electron chi connectivity index (χ4n) is 0.817. The molecule has 0 aromatic carbocycles. The maximum absolute atomic E-state index is 12.8. The standard InChI is InChI=1S/C8H7F2NO2/c1-5-2-3-11-6(4-5)8(9,10)7(12)13/h2-4H,1H3,(H,12,13). The van der Waals surface area contributed by atoms with E-state index in [0.717, 1.165) is 12.3 Å². The minimum atomic E-state index is -3.91. The van der Waals surface area contributed by atoms with Gasteiger partial charge in [-0.05, 0) is 24.6 Å². The molecule has 13 heavy (non-hydrogen) atoms. The summed E-state index contributed by atoms with van der Waals surface area (Å²) in [7, 11) is 0. The molecule has 0 unspecified atom stereocenters. The number of hydrogen-bond acceptors (Lipinski definition) is 2. The SMILES string of the molecule is Cc1ccnc(C(F)(F)C(=O)O)c1. The molecular weight excluding hydrogens is 180 g/mol. The van der Waals surface area contributed by atoms with E-state index in [0.29, 0.717) is 5.56 Å². The predicted octanol–water partition coefficient (Wildman–Crippen LogP) is 1.57. The van der Waals surface area contributed by atoms with Crippen LogP contribution in [0.25, 0.3) is 0 Å². The predicted molar refractivity (Wildman–Crippen MR) is 40.5 cm³/mol. The van der Waals surface area contributed by atoms with Gasteiger partial charge >= 0.3 is 11.9 Å². The van der Waals surface area contributed by atoms with Crippen LogP contribution in [-0.4, -0.2) is 16.1 Å². The first-order chi connectivity index (χ1) is 5.94. The fourth-order valence-corrected chi connectivity index (χ4v) is 0.817. The van der Waals surface area contributed by atoms with E-state index in [1.807, 2.05) is 0 Å². The highest BCUT2D eigenvalue weighted by molar-refractivity contribution is 5.76. The Bertz CT molecular complexity index is 339. The number of alkyl halides is 2. The topological polar surface area (TPSA) is 50.2 Å². The highest BCUT2D eigenvalue weighted by Gasteiger charge is 2.42. The monoisotopic (exact) mass is 187 g/mol. The zero-order valence-electron chi connectivity index (χ0n) is 6.79. The van der Waals surface area contributed by atoms with Gasteiger partial charge in [0.25, 0.3) is 0 Å². The van der Waals surface area contributed by atoms with Crippen molar-refractivity contribution in [2.24, 2.45) is 0 Å². The zero-order valence-corrected chi connectivity index (χ0v) is 6.79. The number of rotatable bonds is 2. The lowest BCUT2D eigenvalue weighted by atomic mass is 10.2. The molecule has 3 nitrogen and oxygen atoms in total. The number of carboxylic acid groups (broad SMARTS) is 1.